The number of aromatic hydroxyl groups is 1. The molecule has 2 N–H and O–H groups in total. The van der Waals surface area contributed by atoms with Gasteiger partial charge in [-0.15, -0.1) is 0 Å². The zero-order chi connectivity index (χ0) is 17.1. The normalized spacial score (nSPS) is 11.4. The number of aryl methyl sites for hydroxylation is 2. The first-order chi connectivity index (χ1) is 10.8. The van der Waals surface area contributed by atoms with Crippen LogP contribution in [0.15, 0.2) is 30.3 Å². The second-order valence-corrected chi connectivity index (χ2v) is 5.53. The first kappa shape index (κ1) is 16.6. The molecule has 0 aliphatic heterocycles. The molecular weight excluding hydrogens is 292 g/mol. The molecule has 0 atom stereocenters. The number of methoxy groups -OCH3 is 1. The van der Waals surface area contributed by atoms with Crippen molar-refractivity contribution in [3.8, 4) is 11.5 Å². The molecule has 0 bridgehead atoms. The van der Waals surface area contributed by atoms with Crippen LogP contribution in [-0.4, -0.2) is 23.3 Å². The van der Waals surface area contributed by atoms with E-state index >= 15 is 0 Å². The number of phenolic OH excluding ortho intramolecular Hbond substituents is 1. The molecule has 4 heteroatoms. The van der Waals surface area contributed by atoms with E-state index in [0.717, 1.165) is 16.7 Å². The number of carboxylic acid groups (broad SMARTS) is 1. The number of ether oxygens (including phenoxy) is 1. The van der Waals surface area contributed by atoms with Crippen LogP contribution < -0.4 is 4.74 Å². The molecule has 4 nitrogen and oxygen atoms in total. The minimum Gasteiger partial charge on any atom is -0.504 e. The molecule has 0 radical (unpaired) electrons. The van der Waals surface area contributed by atoms with E-state index in [1.807, 2.05) is 32.9 Å². The van der Waals surface area contributed by atoms with Gasteiger partial charge >= 0.3 is 5.97 Å². The van der Waals surface area contributed by atoms with Gasteiger partial charge in [-0.1, -0.05) is 18.2 Å². The summed E-state index contributed by atoms with van der Waals surface area (Å²) in [5.41, 5.74) is 4.67. The van der Waals surface area contributed by atoms with E-state index in [2.05, 4.69) is 0 Å². The number of carboxylic acids is 1. The van der Waals surface area contributed by atoms with Gasteiger partial charge in [0, 0.05) is 0 Å². The van der Waals surface area contributed by atoms with Crippen molar-refractivity contribution in [2.75, 3.05) is 7.11 Å². The molecule has 0 saturated heterocycles. The maximum absolute atomic E-state index is 11.7. The Morgan fingerprint density at radius 3 is 2.17 bits per heavy atom. The van der Waals surface area contributed by atoms with Crippen LogP contribution in [0.4, 0.5) is 0 Å². The van der Waals surface area contributed by atoms with Crippen LogP contribution in [0.1, 0.15) is 27.8 Å². The van der Waals surface area contributed by atoms with Gasteiger partial charge in [0.15, 0.2) is 11.5 Å². The van der Waals surface area contributed by atoms with E-state index in [1.165, 1.54) is 13.2 Å². The van der Waals surface area contributed by atoms with E-state index < -0.39 is 5.97 Å². The van der Waals surface area contributed by atoms with E-state index in [9.17, 15) is 15.0 Å². The summed E-state index contributed by atoms with van der Waals surface area (Å²) in [6, 6.07) is 8.52. The lowest BCUT2D eigenvalue weighted by Crippen LogP contribution is -2.01. The van der Waals surface area contributed by atoms with E-state index in [0.29, 0.717) is 16.9 Å². The summed E-state index contributed by atoms with van der Waals surface area (Å²) in [5, 5.41) is 19.4. The van der Waals surface area contributed by atoms with Gasteiger partial charge in [0.1, 0.15) is 0 Å². The molecule has 0 heterocycles. The fraction of sp³-hybridized carbons (Fsp3) is 0.211. The van der Waals surface area contributed by atoms with Crippen molar-refractivity contribution in [1.29, 1.82) is 0 Å². The molecule has 2 aromatic rings. The van der Waals surface area contributed by atoms with Crippen LogP contribution in [0.5, 0.6) is 11.5 Å². The predicted molar refractivity (Wildman–Crippen MR) is 90.8 cm³/mol. The monoisotopic (exact) mass is 312 g/mol. The highest BCUT2D eigenvalue weighted by atomic mass is 16.5. The fourth-order valence-electron chi connectivity index (χ4n) is 2.42. The highest BCUT2D eigenvalue weighted by molar-refractivity contribution is 6.20. The SMILES string of the molecule is COc1ccc(/C=C(/C(=O)O)c2cc(C)c(C)c(C)c2)cc1O. The Balaban J connectivity index is 2.55. The number of benzene rings is 2. The Hall–Kier alpha value is -2.75. The minimum absolute atomic E-state index is 0.0257. The molecule has 0 fully saturated rings. The van der Waals surface area contributed by atoms with Gasteiger partial charge in [-0.05, 0) is 66.8 Å². The number of rotatable bonds is 4. The molecule has 23 heavy (non-hydrogen) atoms. The summed E-state index contributed by atoms with van der Waals surface area (Å²) in [6.45, 7) is 5.94. The Bertz CT molecular complexity index is 765. The average Bonchev–Trinajstić information content (AvgIpc) is 2.49. The molecule has 0 aliphatic rings. The highest BCUT2D eigenvalue weighted by Crippen LogP contribution is 2.29. The Kier molecular flexibility index (Phi) is 4.74. The zero-order valence-corrected chi connectivity index (χ0v) is 13.7. The van der Waals surface area contributed by atoms with Crippen molar-refractivity contribution in [1.82, 2.24) is 0 Å². The molecule has 0 aliphatic carbocycles. The zero-order valence-electron chi connectivity index (χ0n) is 13.7. The van der Waals surface area contributed by atoms with Crippen molar-refractivity contribution in [3.63, 3.8) is 0 Å². The molecule has 2 aromatic carbocycles. The smallest absolute Gasteiger partial charge is 0.336 e. The lowest BCUT2D eigenvalue weighted by Gasteiger charge is -2.10. The number of aliphatic carboxylic acids is 1. The third-order valence-corrected chi connectivity index (χ3v) is 3.98. The summed E-state index contributed by atoms with van der Waals surface area (Å²) in [4.78, 5) is 11.7. The number of carbonyl (C=O) groups is 1. The third-order valence-electron chi connectivity index (χ3n) is 3.98. The Morgan fingerprint density at radius 2 is 1.70 bits per heavy atom. The highest BCUT2D eigenvalue weighted by Gasteiger charge is 2.13. The largest absolute Gasteiger partial charge is 0.504 e. The number of hydrogen-bond donors (Lipinski definition) is 2. The summed E-state index contributed by atoms with van der Waals surface area (Å²) in [5.74, 6) is -0.689. The van der Waals surface area contributed by atoms with Gasteiger partial charge in [-0.3, -0.25) is 0 Å². The fourth-order valence-corrected chi connectivity index (χ4v) is 2.42. The van der Waals surface area contributed by atoms with Crippen molar-refractivity contribution in [3.05, 3.63) is 58.1 Å². The third kappa shape index (κ3) is 3.54. The standard InChI is InChI=1S/C19H20O4/c1-11-7-15(8-12(2)13(11)3)16(19(21)22)9-14-5-6-18(23-4)17(20)10-14/h5-10,20H,1-4H3,(H,21,22)/b16-9+. The molecule has 0 amide bonds. The lowest BCUT2D eigenvalue weighted by molar-refractivity contribution is -0.130. The van der Waals surface area contributed by atoms with Crippen molar-refractivity contribution in [2.45, 2.75) is 20.8 Å². The maximum Gasteiger partial charge on any atom is 0.336 e. The van der Waals surface area contributed by atoms with Crippen molar-refractivity contribution >= 4 is 17.6 Å². The minimum atomic E-state index is -1.01. The summed E-state index contributed by atoms with van der Waals surface area (Å²) >= 11 is 0. The number of phenols is 1. The maximum atomic E-state index is 11.7. The van der Waals surface area contributed by atoms with E-state index in [4.69, 9.17) is 4.74 Å². The van der Waals surface area contributed by atoms with Crippen LogP contribution in [0.25, 0.3) is 11.6 Å². The summed E-state index contributed by atoms with van der Waals surface area (Å²) in [7, 11) is 1.46. The first-order valence-electron chi connectivity index (χ1n) is 7.23. The summed E-state index contributed by atoms with van der Waals surface area (Å²) in [6.07, 6.45) is 1.55. The summed E-state index contributed by atoms with van der Waals surface area (Å²) < 4.78 is 4.99. The van der Waals surface area contributed by atoms with Crippen LogP contribution in [-0.2, 0) is 4.79 Å². The van der Waals surface area contributed by atoms with Gasteiger partial charge in [-0.2, -0.15) is 0 Å². The van der Waals surface area contributed by atoms with Crippen molar-refractivity contribution < 1.29 is 19.7 Å². The van der Waals surface area contributed by atoms with Gasteiger partial charge in [-0.25, -0.2) is 4.79 Å². The van der Waals surface area contributed by atoms with Crippen LogP contribution in [0.3, 0.4) is 0 Å². The van der Waals surface area contributed by atoms with Gasteiger partial charge in [0.05, 0.1) is 12.7 Å². The Morgan fingerprint density at radius 1 is 1.09 bits per heavy atom. The van der Waals surface area contributed by atoms with Crippen LogP contribution in [0.2, 0.25) is 0 Å². The van der Waals surface area contributed by atoms with Crippen molar-refractivity contribution in [2.24, 2.45) is 0 Å². The lowest BCUT2D eigenvalue weighted by atomic mass is 9.95. The molecule has 0 spiro atoms. The average molecular weight is 312 g/mol. The Labute approximate surface area is 135 Å². The second kappa shape index (κ2) is 6.57. The van der Waals surface area contributed by atoms with Gasteiger partial charge < -0.3 is 14.9 Å². The van der Waals surface area contributed by atoms with Crippen LogP contribution >= 0.6 is 0 Å². The molecule has 0 saturated carbocycles. The molecule has 120 valence electrons. The first-order valence-corrected chi connectivity index (χ1v) is 7.23. The molecule has 2 rings (SSSR count). The predicted octanol–water partition coefficient (Wildman–Crippen LogP) is 3.95. The molecule has 0 aromatic heterocycles. The number of hydrogen-bond acceptors (Lipinski definition) is 3. The van der Waals surface area contributed by atoms with E-state index in [-0.39, 0.29) is 11.3 Å². The molecule has 0 unspecified atom stereocenters. The molecular formula is C19H20O4. The topological polar surface area (TPSA) is 66.8 Å². The van der Waals surface area contributed by atoms with Gasteiger partial charge in [0.25, 0.3) is 0 Å². The quantitative estimate of drug-likeness (QED) is 0.662. The van der Waals surface area contributed by atoms with E-state index in [1.54, 1.807) is 18.2 Å². The second-order valence-electron chi connectivity index (χ2n) is 5.53. The van der Waals surface area contributed by atoms with Gasteiger partial charge in [0.2, 0.25) is 0 Å². The van der Waals surface area contributed by atoms with Crippen LogP contribution in [0, 0.1) is 20.8 Å².